The van der Waals surface area contributed by atoms with Crippen LogP contribution in [0.2, 0.25) is 0 Å². The number of hydrogen-bond donors (Lipinski definition) is 2. The zero-order valence-corrected chi connectivity index (χ0v) is 14.2. The Hall–Kier alpha value is -2.99. The monoisotopic (exact) mass is 353 g/mol. The van der Waals surface area contributed by atoms with Gasteiger partial charge in [0.2, 0.25) is 0 Å². The lowest BCUT2D eigenvalue weighted by Gasteiger charge is -2.01. The summed E-state index contributed by atoms with van der Waals surface area (Å²) in [6, 6.07) is 15.9. The van der Waals surface area contributed by atoms with E-state index in [9.17, 15) is 15.0 Å². The molecule has 2 aromatic carbocycles. The number of aromatic hydroxyl groups is 1. The fourth-order valence-electron chi connectivity index (χ4n) is 2.26. The number of nitrogens with zero attached hydrogens (tertiary/aromatic N) is 1. The topological polar surface area (TPSA) is 79.1 Å². The predicted molar refractivity (Wildman–Crippen MR) is 98.9 cm³/mol. The minimum Gasteiger partial charge on any atom is -0.507 e. The average Bonchev–Trinajstić information content (AvgIpc) is 2.92. The first-order valence-corrected chi connectivity index (χ1v) is 8.25. The minimum atomic E-state index is -0.666. The van der Waals surface area contributed by atoms with E-state index < -0.39 is 5.97 Å². The maximum Gasteiger partial charge on any atom is 0.344 e. The number of rotatable bonds is 3. The maximum absolute atomic E-state index is 12.1. The first-order chi connectivity index (χ1) is 12.1. The highest BCUT2D eigenvalue weighted by atomic mass is 32.2. The van der Waals surface area contributed by atoms with Crippen LogP contribution in [-0.4, -0.2) is 28.3 Å². The second-order valence-corrected chi connectivity index (χ2v) is 6.17. The summed E-state index contributed by atoms with van der Waals surface area (Å²) >= 11 is 1.14. The van der Waals surface area contributed by atoms with E-state index in [1.807, 2.05) is 18.2 Å². The van der Waals surface area contributed by atoms with Crippen LogP contribution >= 0.6 is 11.8 Å². The fraction of sp³-hybridized carbons (Fsp3) is 0.0526. The first-order valence-electron chi connectivity index (χ1n) is 7.43. The number of hydrogen-bond acceptors (Lipinski definition) is 6. The molecule has 3 rings (SSSR count). The molecule has 0 bridgehead atoms. The number of carbonyl (C=O) groups is 1. The van der Waals surface area contributed by atoms with E-state index in [1.165, 1.54) is 7.11 Å². The van der Waals surface area contributed by atoms with Gasteiger partial charge in [-0.1, -0.05) is 48.2 Å². The van der Waals surface area contributed by atoms with Crippen molar-refractivity contribution in [2.24, 2.45) is 4.99 Å². The van der Waals surface area contributed by atoms with Gasteiger partial charge in [-0.3, -0.25) is 0 Å². The summed E-state index contributed by atoms with van der Waals surface area (Å²) in [6.07, 6.45) is 1.60. The molecule has 0 aromatic heterocycles. The molecule has 0 spiro atoms. The molecular formula is C19H15NO4S. The van der Waals surface area contributed by atoms with Gasteiger partial charge in [-0.25, -0.2) is 9.79 Å². The zero-order chi connectivity index (χ0) is 17.8. The number of para-hydroxylation sites is 2. The number of carbonyl (C=O) groups excluding carboxylic acids is 1. The molecule has 0 radical (unpaired) electrons. The molecule has 0 aliphatic carbocycles. The van der Waals surface area contributed by atoms with Crippen molar-refractivity contribution in [3.8, 4) is 5.75 Å². The van der Waals surface area contributed by atoms with Gasteiger partial charge in [-0.2, -0.15) is 0 Å². The number of phenols is 1. The van der Waals surface area contributed by atoms with Crippen molar-refractivity contribution in [3.05, 3.63) is 76.4 Å². The molecule has 0 saturated carbocycles. The maximum atomic E-state index is 12.1. The van der Waals surface area contributed by atoms with Gasteiger partial charge in [0.05, 0.1) is 17.7 Å². The van der Waals surface area contributed by atoms with E-state index in [-0.39, 0.29) is 17.1 Å². The first kappa shape index (κ1) is 16.9. The van der Waals surface area contributed by atoms with E-state index in [0.717, 1.165) is 11.8 Å². The standard InChI is InChI=1S/C19H15NO4S/c1-24-19(23)16-17(22)15(11-12-7-5-6-10-14(12)21)25-18(16)20-13-8-3-2-4-9-13/h2-11,21-22H,1H3. The Morgan fingerprint density at radius 2 is 1.76 bits per heavy atom. The van der Waals surface area contributed by atoms with E-state index >= 15 is 0 Å². The third-order valence-electron chi connectivity index (χ3n) is 3.49. The van der Waals surface area contributed by atoms with E-state index in [1.54, 1.807) is 42.5 Å². The third kappa shape index (κ3) is 3.59. The Morgan fingerprint density at radius 3 is 2.44 bits per heavy atom. The second kappa shape index (κ2) is 7.27. The molecule has 0 unspecified atom stereocenters. The molecule has 1 aliphatic rings. The van der Waals surface area contributed by atoms with Crippen LogP contribution in [0.1, 0.15) is 5.56 Å². The number of thioether (sulfide) groups is 1. The van der Waals surface area contributed by atoms with Crippen molar-refractivity contribution >= 4 is 34.5 Å². The Labute approximate surface area is 149 Å². The molecule has 0 fully saturated rings. The molecule has 0 atom stereocenters. The largest absolute Gasteiger partial charge is 0.507 e. The fourth-order valence-corrected chi connectivity index (χ4v) is 3.29. The normalized spacial score (nSPS) is 17.3. The minimum absolute atomic E-state index is 0.0121. The van der Waals surface area contributed by atoms with Crippen LogP contribution in [0.25, 0.3) is 6.08 Å². The van der Waals surface area contributed by atoms with Gasteiger partial charge in [0.15, 0.2) is 0 Å². The molecule has 2 N–H and O–H groups in total. The zero-order valence-electron chi connectivity index (χ0n) is 13.3. The number of aliphatic hydroxyl groups excluding tert-OH is 1. The van der Waals surface area contributed by atoms with E-state index in [2.05, 4.69) is 4.99 Å². The highest BCUT2D eigenvalue weighted by Gasteiger charge is 2.33. The Bertz CT molecular complexity index is 901. The number of phenolic OH excluding ortho intramolecular Hbond substituents is 1. The number of aliphatic hydroxyl groups is 1. The summed E-state index contributed by atoms with van der Waals surface area (Å²) in [5.41, 5.74) is 1.20. The van der Waals surface area contributed by atoms with Crippen molar-refractivity contribution in [3.63, 3.8) is 0 Å². The van der Waals surface area contributed by atoms with Crippen molar-refractivity contribution in [1.29, 1.82) is 0 Å². The highest BCUT2D eigenvalue weighted by molar-refractivity contribution is 8.18. The molecule has 5 nitrogen and oxygen atoms in total. The Morgan fingerprint density at radius 1 is 1.08 bits per heavy atom. The second-order valence-electron chi connectivity index (χ2n) is 5.14. The van der Waals surface area contributed by atoms with Crippen molar-refractivity contribution in [2.45, 2.75) is 0 Å². The summed E-state index contributed by atoms with van der Waals surface area (Å²) in [6.45, 7) is 0. The van der Waals surface area contributed by atoms with Crippen molar-refractivity contribution in [1.82, 2.24) is 0 Å². The smallest absolute Gasteiger partial charge is 0.344 e. The molecule has 0 amide bonds. The van der Waals surface area contributed by atoms with Crippen LogP contribution in [0.15, 0.2) is 75.8 Å². The lowest BCUT2D eigenvalue weighted by Crippen LogP contribution is -2.10. The van der Waals surface area contributed by atoms with Crippen LogP contribution in [-0.2, 0) is 9.53 Å². The molecule has 0 saturated heterocycles. The average molecular weight is 353 g/mol. The van der Waals surface area contributed by atoms with Crippen LogP contribution < -0.4 is 0 Å². The SMILES string of the molecule is COC(=O)C1=C(O)C(=Cc2ccccc2O)SC1=Nc1ccccc1. The summed E-state index contributed by atoms with van der Waals surface area (Å²) in [5.74, 6) is -0.799. The van der Waals surface area contributed by atoms with Gasteiger partial charge in [0.1, 0.15) is 22.1 Å². The number of aliphatic imine (C=N–C) groups is 1. The predicted octanol–water partition coefficient (Wildman–Crippen LogP) is 4.20. The lowest BCUT2D eigenvalue weighted by atomic mass is 10.1. The number of benzene rings is 2. The van der Waals surface area contributed by atoms with Gasteiger partial charge in [0, 0.05) is 5.56 Å². The molecule has 25 heavy (non-hydrogen) atoms. The quantitative estimate of drug-likeness (QED) is 0.809. The van der Waals surface area contributed by atoms with Gasteiger partial charge >= 0.3 is 5.97 Å². The van der Waals surface area contributed by atoms with Crippen molar-refractivity contribution < 1.29 is 19.7 Å². The molecule has 1 heterocycles. The Balaban J connectivity index is 2.07. The molecule has 1 aliphatic heterocycles. The van der Waals surface area contributed by atoms with Gasteiger partial charge in [-0.05, 0) is 24.3 Å². The van der Waals surface area contributed by atoms with Crippen LogP contribution in [0.4, 0.5) is 5.69 Å². The number of methoxy groups -OCH3 is 1. The summed E-state index contributed by atoms with van der Waals surface area (Å²) in [4.78, 5) is 16.9. The number of ether oxygens (including phenoxy) is 1. The van der Waals surface area contributed by atoms with Gasteiger partial charge in [-0.15, -0.1) is 0 Å². The third-order valence-corrected chi connectivity index (χ3v) is 4.51. The summed E-state index contributed by atoms with van der Waals surface area (Å²) in [7, 11) is 1.25. The highest BCUT2D eigenvalue weighted by Crippen LogP contribution is 2.40. The summed E-state index contributed by atoms with van der Waals surface area (Å²) in [5, 5.41) is 20.7. The van der Waals surface area contributed by atoms with Gasteiger partial charge < -0.3 is 14.9 Å². The molecule has 2 aromatic rings. The summed E-state index contributed by atoms with van der Waals surface area (Å²) < 4.78 is 4.77. The van der Waals surface area contributed by atoms with E-state index in [4.69, 9.17) is 4.74 Å². The molecule has 126 valence electrons. The molecule has 6 heteroatoms. The van der Waals surface area contributed by atoms with E-state index in [0.29, 0.717) is 21.2 Å². The van der Waals surface area contributed by atoms with Crippen LogP contribution in [0.3, 0.4) is 0 Å². The lowest BCUT2D eigenvalue weighted by molar-refractivity contribution is -0.135. The Kier molecular flexibility index (Phi) is 4.90. The van der Waals surface area contributed by atoms with Gasteiger partial charge in [0.25, 0.3) is 0 Å². The van der Waals surface area contributed by atoms with Crippen LogP contribution in [0.5, 0.6) is 5.75 Å². The molecular weight excluding hydrogens is 338 g/mol. The van der Waals surface area contributed by atoms with Crippen LogP contribution in [0, 0.1) is 0 Å². The van der Waals surface area contributed by atoms with Crippen molar-refractivity contribution in [2.75, 3.05) is 7.11 Å². The number of esters is 1.